The normalized spacial score (nSPS) is 12.4. The van der Waals surface area contributed by atoms with E-state index in [2.05, 4.69) is 11.8 Å². The molecule has 20 heavy (non-hydrogen) atoms. The Morgan fingerprint density at radius 3 is 1.75 bits per heavy atom. The van der Waals surface area contributed by atoms with Crippen molar-refractivity contribution < 1.29 is 19.1 Å². The van der Waals surface area contributed by atoms with Crippen molar-refractivity contribution in [1.29, 1.82) is 0 Å². The highest BCUT2D eigenvalue weighted by Crippen LogP contribution is 2.10. The molecule has 0 saturated heterocycles. The second kappa shape index (κ2) is 7.01. The Morgan fingerprint density at radius 2 is 1.40 bits per heavy atom. The van der Waals surface area contributed by atoms with Crippen LogP contribution in [0.3, 0.4) is 0 Å². The van der Waals surface area contributed by atoms with Gasteiger partial charge in [-0.05, 0) is 32.0 Å². The van der Waals surface area contributed by atoms with Gasteiger partial charge in [0.05, 0.1) is 11.1 Å². The monoisotopic (exact) mass is 270 g/mol. The van der Waals surface area contributed by atoms with E-state index in [0.717, 1.165) is 0 Å². The number of rotatable bonds is 4. The van der Waals surface area contributed by atoms with Crippen molar-refractivity contribution in [3.8, 4) is 24.7 Å². The van der Waals surface area contributed by atoms with Crippen molar-refractivity contribution in [1.82, 2.24) is 0 Å². The van der Waals surface area contributed by atoms with Gasteiger partial charge in [-0.2, -0.15) is 0 Å². The van der Waals surface area contributed by atoms with Crippen LogP contribution in [0.1, 0.15) is 34.6 Å². The van der Waals surface area contributed by atoms with Crippen LogP contribution < -0.4 is 0 Å². The van der Waals surface area contributed by atoms with Gasteiger partial charge in [0.1, 0.15) is 0 Å². The van der Waals surface area contributed by atoms with Gasteiger partial charge in [-0.3, -0.25) is 0 Å². The maximum Gasteiger partial charge on any atom is 0.339 e. The van der Waals surface area contributed by atoms with E-state index in [9.17, 15) is 9.59 Å². The van der Waals surface area contributed by atoms with Gasteiger partial charge in [0.15, 0.2) is 12.2 Å². The average molecular weight is 270 g/mol. The standard InChI is InChI=1S/C16H14O4/c1-5-11(3)19-15(17)13-8-7-9-14(10-13)16(18)20-12(4)6-2/h1-2,7-12H,3-4H3. The molecule has 0 aliphatic carbocycles. The molecule has 0 spiro atoms. The number of terminal acetylenes is 2. The summed E-state index contributed by atoms with van der Waals surface area (Å²) in [5.74, 6) is 3.36. The molecule has 0 saturated carbocycles. The maximum absolute atomic E-state index is 11.8. The summed E-state index contributed by atoms with van der Waals surface area (Å²) in [6, 6.07) is 5.96. The first kappa shape index (κ1) is 15.3. The summed E-state index contributed by atoms with van der Waals surface area (Å²) in [5.41, 5.74) is 0.435. The molecule has 1 aromatic carbocycles. The molecular formula is C16H14O4. The van der Waals surface area contributed by atoms with Crippen molar-refractivity contribution in [2.75, 3.05) is 0 Å². The van der Waals surface area contributed by atoms with Crippen LogP contribution in [0.4, 0.5) is 0 Å². The van der Waals surface area contributed by atoms with Gasteiger partial charge in [0, 0.05) is 0 Å². The topological polar surface area (TPSA) is 52.6 Å². The van der Waals surface area contributed by atoms with Crippen LogP contribution in [-0.4, -0.2) is 24.1 Å². The fourth-order valence-electron chi connectivity index (χ4n) is 1.30. The van der Waals surface area contributed by atoms with Crippen LogP contribution in [0.5, 0.6) is 0 Å². The lowest BCUT2D eigenvalue weighted by molar-refractivity contribution is 0.0438. The molecule has 0 heterocycles. The summed E-state index contributed by atoms with van der Waals surface area (Å²) in [5, 5.41) is 0. The number of hydrogen-bond acceptors (Lipinski definition) is 4. The third-order valence-electron chi connectivity index (χ3n) is 2.37. The molecule has 0 aromatic heterocycles. The molecular weight excluding hydrogens is 256 g/mol. The zero-order valence-electron chi connectivity index (χ0n) is 11.3. The SMILES string of the molecule is C#CC(C)OC(=O)c1cccc(C(=O)OC(C)C#C)c1. The Morgan fingerprint density at radius 1 is 1.00 bits per heavy atom. The second-order valence-electron chi connectivity index (χ2n) is 4.01. The Hall–Kier alpha value is -2.72. The highest BCUT2D eigenvalue weighted by molar-refractivity contribution is 5.95. The van der Waals surface area contributed by atoms with Crippen LogP contribution in [0.15, 0.2) is 24.3 Å². The summed E-state index contributed by atoms with van der Waals surface area (Å²) in [7, 11) is 0. The minimum Gasteiger partial charge on any atom is -0.446 e. The molecule has 0 aliphatic heterocycles. The van der Waals surface area contributed by atoms with Gasteiger partial charge < -0.3 is 9.47 Å². The fourth-order valence-corrected chi connectivity index (χ4v) is 1.30. The van der Waals surface area contributed by atoms with Gasteiger partial charge in [-0.15, -0.1) is 12.8 Å². The lowest BCUT2D eigenvalue weighted by atomic mass is 10.1. The Bertz CT molecular complexity index is 540. The number of ether oxygens (including phenoxy) is 2. The van der Waals surface area contributed by atoms with Gasteiger partial charge >= 0.3 is 11.9 Å². The lowest BCUT2D eigenvalue weighted by Crippen LogP contribution is -2.15. The second-order valence-corrected chi connectivity index (χ2v) is 4.01. The highest BCUT2D eigenvalue weighted by Gasteiger charge is 2.15. The van der Waals surface area contributed by atoms with Gasteiger partial charge in [0.2, 0.25) is 0 Å². The molecule has 0 N–H and O–H groups in total. The van der Waals surface area contributed by atoms with E-state index in [0.29, 0.717) is 0 Å². The lowest BCUT2D eigenvalue weighted by Gasteiger charge is -2.09. The summed E-state index contributed by atoms with van der Waals surface area (Å²) < 4.78 is 9.93. The summed E-state index contributed by atoms with van der Waals surface area (Å²) in [4.78, 5) is 23.5. The van der Waals surface area contributed by atoms with Crippen LogP contribution in [-0.2, 0) is 9.47 Å². The minimum absolute atomic E-state index is 0.218. The van der Waals surface area contributed by atoms with Crippen molar-refractivity contribution in [2.24, 2.45) is 0 Å². The Kier molecular flexibility index (Phi) is 5.38. The zero-order valence-corrected chi connectivity index (χ0v) is 11.3. The first-order chi connectivity index (χ1) is 9.47. The number of carbonyl (C=O) groups excluding carboxylic acids is 2. The highest BCUT2D eigenvalue weighted by atomic mass is 16.5. The quantitative estimate of drug-likeness (QED) is 0.620. The van der Waals surface area contributed by atoms with Crippen LogP contribution in [0.25, 0.3) is 0 Å². The van der Waals surface area contributed by atoms with Crippen LogP contribution in [0.2, 0.25) is 0 Å². The summed E-state index contributed by atoms with van der Waals surface area (Å²) in [6.45, 7) is 3.15. The molecule has 4 nitrogen and oxygen atoms in total. The zero-order chi connectivity index (χ0) is 15.1. The number of esters is 2. The van der Waals surface area contributed by atoms with E-state index in [1.54, 1.807) is 19.9 Å². The predicted molar refractivity (Wildman–Crippen MR) is 73.9 cm³/mol. The molecule has 2 unspecified atom stereocenters. The van der Waals surface area contributed by atoms with Crippen LogP contribution in [0, 0.1) is 24.7 Å². The van der Waals surface area contributed by atoms with E-state index in [-0.39, 0.29) is 11.1 Å². The van der Waals surface area contributed by atoms with Crippen molar-refractivity contribution in [3.05, 3.63) is 35.4 Å². The molecule has 0 aliphatic rings. The smallest absolute Gasteiger partial charge is 0.339 e. The van der Waals surface area contributed by atoms with Crippen molar-refractivity contribution >= 4 is 11.9 Å². The molecule has 0 fully saturated rings. The summed E-state index contributed by atoms with van der Waals surface area (Å²) >= 11 is 0. The van der Waals surface area contributed by atoms with Gasteiger partial charge in [0.25, 0.3) is 0 Å². The number of benzene rings is 1. The number of carbonyl (C=O) groups is 2. The molecule has 4 heteroatoms. The van der Waals surface area contributed by atoms with Crippen molar-refractivity contribution in [2.45, 2.75) is 26.1 Å². The predicted octanol–water partition coefficient (Wildman–Crippen LogP) is 2.04. The number of hydrogen-bond donors (Lipinski definition) is 0. The Balaban J connectivity index is 2.86. The van der Waals surface area contributed by atoms with E-state index in [1.807, 2.05) is 0 Å². The third kappa shape index (κ3) is 4.19. The average Bonchev–Trinajstić information content (AvgIpc) is 2.46. The van der Waals surface area contributed by atoms with E-state index < -0.39 is 24.1 Å². The largest absolute Gasteiger partial charge is 0.446 e. The van der Waals surface area contributed by atoms with E-state index >= 15 is 0 Å². The molecule has 102 valence electrons. The fraction of sp³-hybridized carbons (Fsp3) is 0.250. The van der Waals surface area contributed by atoms with Gasteiger partial charge in [-0.1, -0.05) is 17.9 Å². The first-order valence-corrected chi connectivity index (χ1v) is 5.92. The van der Waals surface area contributed by atoms with Gasteiger partial charge in [-0.25, -0.2) is 9.59 Å². The molecule has 0 radical (unpaired) electrons. The summed E-state index contributed by atoms with van der Waals surface area (Å²) in [6.07, 6.45) is 8.97. The third-order valence-corrected chi connectivity index (χ3v) is 2.37. The minimum atomic E-state index is -0.639. The van der Waals surface area contributed by atoms with Crippen molar-refractivity contribution in [3.63, 3.8) is 0 Å². The molecule has 0 amide bonds. The van der Waals surface area contributed by atoms with E-state index in [4.69, 9.17) is 22.3 Å². The Labute approximate surface area is 118 Å². The maximum atomic E-state index is 11.8. The molecule has 1 rings (SSSR count). The molecule has 2 atom stereocenters. The molecule has 0 bridgehead atoms. The van der Waals surface area contributed by atoms with Crippen LogP contribution >= 0.6 is 0 Å². The van der Waals surface area contributed by atoms with E-state index in [1.165, 1.54) is 18.2 Å². The molecule has 1 aromatic rings. The first-order valence-electron chi connectivity index (χ1n) is 5.92.